The van der Waals surface area contributed by atoms with Crippen molar-refractivity contribution in [2.24, 2.45) is 0 Å². The van der Waals surface area contributed by atoms with Crippen molar-refractivity contribution in [3.8, 4) is 0 Å². The molecule has 0 bridgehead atoms. The van der Waals surface area contributed by atoms with E-state index in [9.17, 15) is 8.42 Å². The molecule has 0 aromatic heterocycles. The molecule has 0 aliphatic carbocycles. The average Bonchev–Trinajstić information content (AvgIpc) is 2.54. The zero-order valence-corrected chi connectivity index (χ0v) is 18.0. The van der Waals surface area contributed by atoms with Gasteiger partial charge in [-0.25, -0.2) is 0 Å². The summed E-state index contributed by atoms with van der Waals surface area (Å²) >= 11 is 4.48. The van der Waals surface area contributed by atoms with Crippen LogP contribution in [0.2, 0.25) is 0 Å². The van der Waals surface area contributed by atoms with Crippen molar-refractivity contribution >= 4 is 78.9 Å². The Morgan fingerprint density at radius 3 is 1.39 bits per heavy atom. The molecule has 6 heteroatoms. The fraction of sp³-hybridized carbons (Fsp3) is 0.0588. The molecule has 0 heterocycles. The minimum absolute atomic E-state index is 0.113. The topological polar surface area (TPSA) is 34.1 Å². The second-order valence-electron chi connectivity index (χ2n) is 4.59. The molecular formula is C17H14I2O2S2. The first-order valence-corrected chi connectivity index (χ1v) is 11.6. The van der Waals surface area contributed by atoms with Crippen molar-refractivity contribution in [2.75, 3.05) is 5.08 Å². The third-order valence-corrected chi connectivity index (χ3v) is 6.97. The normalized spacial score (nSPS) is 14.3. The lowest BCUT2D eigenvalue weighted by Gasteiger charge is -1.96. The minimum atomic E-state index is -1.25. The van der Waals surface area contributed by atoms with Gasteiger partial charge in [0.2, 0.25) is 0 Å². The fourth-order valence-electron chi connectivity index (χ4n) is 1.65. The van der Waals surface area contributed by atoms with E-state index in [1.807, 2.05) is 48.5 Å². The minimum Gasteiger partial charge on any atom is -0.254 e. The van der Waals surface area contributed by atoms with Gasteiger partial charge in [0.25, 0.3) is 0 Å². The predicted molar refractivity (Wildman–Crippen MR) is 118 cm³/mol. The molecule has 2 nitrogen and oxygen atoms in total. The Labute approximate surface area is 168 Å². The molecule has 0 fully saturated rings. The molecule has 23 heavy (non-hydrogen) atoms. The smallest absolute Gasteiger partial charge is 0.107 e. The zero-order chi connectivity index (χ0) is 16.7. The summed E-state index contributed by atoms with van der Waals surface area (Å²) < 4.78 is 26.2. The van der Waals surface area contributed by atoms with E-state index in [1.165, 1.54) is 0 Å². The highest BCUT2D eigenvalue weighted by atomic mass is 127. The molecule has 0 aliphatic heterocycles. The molecule has 0 radical (unpaired) electrons. The Hall–Kier alpha value is -0.320. The van der Waals surface area contributed by atoms with Crippen LogP contribution in [-0.4, -0.2) is 13.5 Å². The summed E-state index contributed by atoms with van der Waals surface area (Å²) in [6, 6.07) is 15.8. The van der Waals surface area contributed by atoms with Gasteiger partial charge >= 0.3 is 0 Å². The third kappa shape index (κ3) is 7.40. The maximum Gasteiger partial charge on any atom is 0.107 e. The van der Waals surface area contributed by atoms with E-state index < -0.39 is 21.6 Å². The van der Waals surface area contributed by atoms with Gasteiger partial charge in [0.15, 0.2) is 0 Å². The van der Waals surface area contributed by atoms with E-state index in [-0.39, 0.29) is 5.08 Å². The number of hydrogen-bond acceptors (Lipinski definition) is 2. The summed E-state index contributed by atoms with van der Waals surface area (Å²) in [5.41, 5.74) is 1.97. The van der Waals surface area contributed by atoms with E-state index in [0.717, 1.165) is 18.3 Å². The van der Waals surface area contributed by atoms with Crippen LogP contribution in [0.4, 0.5) is 0 Å². The molecule has 0 spiro atoms. The van der Waals surface area contributed by atoms with Gasteiger partial charge in [0, 0.05) is 18.0 Å². The first-order valence-electron chi connectivity index (χ1n) is 6.65. The van der Waals surface area contributed by atoms with Crippen molar-refractivity contribution in [3.05, 3.63) is 77.6 Å². The van der Waals surface area contributed by atoms with Crippen LogP contribution in [0.5, 0.6) is 0 Å². The second kappa shape index (κ2) is 9.85. The first-order chi connectivity index (χ1) is 11.0. The number of hydrogen-bond donors (Lipinski definition) is 0. The second-order valence-corrected chi connectivity index (χ2v) is 10.1. The monoisotopic (exact) mass is 568 g/mol. The average molecular weight is 568 g/mol. The Morgan fingerprint density at radius 2 is 1.04 bits per heavy atom. The molecule has 2 unspecified atom stereocenters. The Kier molecular flexibility index (Phi) is 8.14. The molecule has 0 saturated carbocycles. The summed E-state index contributed by atoms with van der Waals surface area (Å²) in [6.45, 7) is 0. The number of benzene rings is 2. The van der Waals surface area contributed by atoms with Gasteiger partial charge in [-0.3, -0.25) is 8.42 Å². The van der Waals surface area contributed by atoms with Crippen molar-refractivity contribution in [1.29, 1.82) is 0 Å². The highest BCUT2D eigenvalue weighted by Gasteiger charge is 2.00. The molecule has 2 atom stereocenters. The van der Waals surface area contributed by atoms with Gasteiger partial charge in [0.1, 0.15) is 5.08 Å². The molecule has 2 rings (SSSR count). The Morgan fingerprint density at radius 1 is 0.696 bits per heavy atom. The van der Waals surface area contributed by atoms with Gasteiger partial charge < -0.3 is 0 Å². The Bertz CT molecular complexity index is 686. The molecule has 0 N–H and O–H groups in total. The summed E-state index contributed by atoms with van der Waals surface area (Å²) in [5, 5.41) is 3.30. The summed E-state index contributed by atoms with van der Waals surface area (Å²) in [5.74, 6) is 0. The van der Waals surface area contributed by atoms with Gasteiger partial charge in [-0.1, -0.05) is 24.3 Å². The molecule has 2 aromatic carbocycles. The first kappa shape index (κ1) is 19.0. The van der Waals surface area contributed by atoms with Gasteiger partial charge in [0.05, 0.1) is 21.6 Å². The number of halogens is 2. The SMILES string of the molecule is O=S(/C=C/c1ccc(I)cc1)CS(=O)/C=C/c1ccc(I)cc1. The van der Waals surface area contributed by atoms with Crippen LogP contribution in [0.3, 0.4) is 0 Å². The molecule has 0 aliphatic rings. The lowest BCUT2D eigenvalue weighted by Crippen LogP contribution is -1.98. The summed E-state index contributed by atoms with van der Waals surface area (Å²) in [6.07, 6.45) is 3.60. The van der Waals surface area contributed by atoms with E-state index in [2.05, 4.69) is 45.2 Å². The lowest BCUT2D eigenvalue weighted by molar-refractivity contribution is 0.685. The molecule has 120 valence electrons. The van der Waals surface area contributed by atoms with Crippen LogP contribution in [0, 0.1) is 7.14 Å². The van der Waals surface area contributed by atoms with Crippen molar-refractivity contribution < 1.29 is 8.42 Å². The summed E-state index contributed by atoms with van der Waals surface area (Å²) in [7, 11) is -2.51. The van der Waals surface area contributed by atoms with Crippen LogP contribution in [0.25, 0.3) is 12.2 Å². The van der Waals surface area contributed by atoms with Crippen LogP contribution in [0.1, 0.15) is 11.1 Å². The molecular weight excluding hydrogens is 554 g/mol. The van der Waals surface area contributed by atoms with Crippen LogP contribution >= 0.6 is 45.2 Å². The predicted octanol–water partition coefficient (Wildman–Crippen LogP) is 4.99. The Balaban J connectivity index is 1.88. The van der Waals surface area contributed by atoms with E-state index in [1.54, 1.807) is 23.0 Å². The maximum absolute atomic E-state index is 11.9. The van der Waals surface area contributed by atoms with Crippen molar-refractivity contribution in [1.82, 2.24) is 0 Å². The van der Waals surface area contributed by atoms with Crippen molar-refractivity contribution in [3.63, 3.8) is 0 Å². The number of rotatable bonds is 6. The largest absolute Gasteiger partial charge is 0.254 e. The third-order valence-electron chi connectivity index (χ3n) is 2.80. The van der Waals surface area contributed by atoms with Gasteiger partial charge in [-0.15, -0.1) is 0 Å². The van der Waals surface area contributed by atoms with Gasteiger partial charge in [-0.2, -0.15) is 0 Å². The van der Waals surface area contributed by atoms with E-state index in [0.29, 0.717) is 0 Å². The molecule has 0 saturated heterocycles. The highest BCUT2D eigenvalue weighted by Crippen LogP contribution is 2.10. The quantitative estimate of drug-likeness (QED) is 0.461. The standard InChI is InChI=1S/C17H14I2O2S2/c18-16-5-1-14(2-6-16)9-11-22(20)13-23(21)12-10-15-3-7-17(19)8-4-15/h1-12H,13H2/b11-9+,12-10+. The van der Waals surface area contributed by atoms with Crippen LogP contribution < -0.4 is 0 Å². The van der Waals surface area contributed by atoms with Crippen molar-refractivity contribution in [2.45, 2.75) is 0 Å². The highest BCUT2D eigenvalue weighted by molar-refractivity contribution is 14.1. The fourth-order valence-corrected chi connectivity index (χ4v) is 4.53. The molecule has 2 aromatic rings. The van der Waals surface area contributed by atoms with E-state index in [4.69, 9.17) is 0 Å². The van der Waals surface area contributed by atoms with E-state index >= 15 is 0 Å². The van der Waals surface area contributed by atoms with Crippen LogP contribution in [0.15, 0.2) is 59.3 Å². The van der Waals surface area contributed by atoms with Gasteiger partial charge in [-0.05, 0) is 92.7 Å². The summed E-state index contributed by atoms with van der Waals surface area (Å²) in [4.78, 5) is 0. The maximum atomic E-state index is 11.9. The molecule has 0 amide bonds. The lowest BCUT2D eigenvalue weighted by atomic mass is 10.2. The van der Waals surface area contributed by atoms with Crippen LogP contribution in [-0.2, 0) is 21.6 Å². The zero-order valence-electron chi connectivity index (χ0n) is 12.0.